The molecule has 1 heterocycles. The van der Waals surface area contributed by atoms with Gasteiger partial charge in [0.25, 0.3) is 0 Å². The zero-order chi connectivity index (χ0) is 33.3. The van der Waals surface area contributed by atoms with Gasteiger partial charge < -0.3 is 18.8 Å². The van der Waals surface area contributed by atoms with Crippen LogP contribution in [0.3, 0.4) is 0 Å². The highest BCUT2D eigenvalue weighted by molar-refractivity contribution is 6.74. The quantitative estimate of drug-likeness (QED) is 0.147. The molecule has 0 unspecified atom stereocenters. The number of fused-ring (bicyclic) bond motifs is 1. The van der Waals surface area contributed by atoms with Gasteiger partial charge >= 0.3 is 5.97 Å². The smallest absolute Gasteiger partial charge is 0.335 e. The molecule has 0 bridgehead atoms. The maximum absolute atomic E-state index is 14.2. The van der Waals surface area contributed by atoms with Gasteiger partial charge in [0.05, 0.1) is 11.1 Å². The number of nitrogens with zero attached hydrogens (tertiary/aromatic N) is 1. The highest BCUT2D eigenvalue weighted by Gasteiger charge is 2.40. The summed E-state index contributed by atoms with van der Waals surface area (Å²) in [5.74, 6) is -0.504. The van der Waals surface area contributed by atoms with Crippen LogP contribution in [0.25, 0.3) is 16.6 Å². The Labute approximate surface area is 272 Å². The van der Waals surface area contributed by atoms with E-state index in [1.54, 1.807) is 12.1 Å². The average molecular weight is 638 g/mol. The highest BCUT2D eigenvalue weighted by Crippen LogP contribution is 2.44. The van der Waals surface area contributed by atoms with Gasteiger partial charge in [-0.15, -0.1) is 0 Å². The van der Waals surface area contributed by atoms with Gasteiger partial charge in [0.15, 0.2) is 8.32 Å². The van der Waals surface area contributed by atoms with Crippen molar-refractivity contribution in [1.29, 1.82) is 0 Å². The monoisotopic (exact) mass is 637 g/mol. The Kier molecular flexibility index (Phi) is 9.30. The first-order chi connectivity index (χ1) is 21.7. The lowest BCUT2D eigenvalue weighted by Gasteiger charge is -2.39. The van der Waals surface area contributed by atoms with Crippen LogP contribution in [-0.2, 0) is 22.9 Å². The number of halogens is 1. The summed E-state index contributed by atoms with van der Waals surface area (Å²) in [5, 5.41) is 10.5. The van der Waals surface area contributed by atoms with Crippen LogP contribution >= 0.6 is 0 Å². The number of hydrogen-bond acceptors (Lipinski definition) is 3. The minimum atomic E-state index is -2.10. The van der Waals surface area contributed by atoms with Crippen molar-refractivity contribution in [3.8, 4) is 11.4 Å². The number of hydrogen-bond donors (Lipinski definition) is 1. The number of ether oxygens (including phenoxy) is 1. The maximum atomic E-state index is 14.2. The van der Waals surface area contributed by atoms with Crippen molar-refractivity contribution >= 4 is 25.2 Å². The van der Waals surface area contributed by atoms with Gasteiger partial charge in [-0.3, -0.25) is 0 Å². The van der Waals surface area contributed by atoms with E-state index < -0.39 is 19.7 Å². The fourth-order valence-corrected chi connectivity index (χ4v) is 6.75. The second kappa shape index (κ2) is 12.9. The van der Waals surface area contributed by atoms with Gasteiger partial charge in [-0.1, -0.05) is 83.1 Å². The third-order valence-corrected chi connectivity index (χ3v) is 13.7. The Morgan fingerprint density at radius 2 is 1.48 bits per heavy atom. The molecule has 5 aromatic rings. The van der Waals surface area contributed by atoms with Gasteiger partial charge in [0.2, 0.25) is 0 Å². The molecular weight excluding hydrogens is 594 g/mol. The molecule has 0 radical (unpaired) electrons. The number of carboxylic acids is 1. The van der Waals surface area contributed by atoms with E-state index in [0.717, 1.165) is 44.7 Å². The van der Waals surface area contributed by atoms with Crippen molar-refractivity contribution in [2.24, 2.45) is 0 Å². The van der Waals surface area contributed by atoms with Gasteiger partial charge in [0.1, 0.15) is 18.2 Å². The van der Waals surface area contributed by atoms with Crippen LogP contribution in [0.5, 0.6) is 5.75 Å². The second-order valence-corrected chi connectivity index (χ2v) is 19.0. The summed E-state index contributed by atoms with van der Waals surface area (Å²) in [6.45, 7) is 16.6. The summed E-state index contributed by atoms with van der Waals surface area (Å²) in [5.41, 5.74) is 5.71. The number of carbonyl (C=O) groups is 1. The topological polar surface area (TPSA) is 60.7 Å². The molecule has 0 aliphatic heterocycles. The minimum Gasteiger partial charge on any atom is -0.488 e. The molecule has 240 valence electrons. The Morgan fingerprint density at radius 3 is 2.09 bits per heavy atom. The molecule has 1 N–H and O–H groups in total. The number of carboxylic acid groups (broad SMARTS) is 1. The Hall–Kier alpha value is -4.20. The van der Waals surface area contributed by atoms with Crippen LogP contribution in [0.15, 0.2) is 97.1 Å². The van der Waals surface area contributed by atoms with Gasteiger partial charge in [-0.25, -0.2) is 9.18 Å². The van der Waals surface area contributed by atoms with Crippen molar-refractivity contribution in [2.75, 3.05) is 6.61 Å². The lowest BCUT2D eigenvalue weighted by molar-refractivity contribution is 0.0697. The molecule has 0 aliphatic rings. The summed E-state index contributed by atoms with van der Waals surface area (Å²) in [7, 11) is -2.10. The van der Waals surface area contributed by atoms with E-state index in [1.807, 2.05) is 66.7 Å². The molecule has 0 atom stereocenters. The van der Waals surface area contributed by atoms with E-state index >= 15 is 0 Å². The predicted molar refractivity (Wildman–Crippen MR) is 186 cm³/mol. The van der Waals surface area contributed by atoms with Gasteiger partial charge in [0, 0.05) is 35.2 Å². The summed E-state index contributed by atoms with van der Waals surface area (Å²) < 4.78 is 29.9. The van der Waals surface area contributed by atoms with Crippen molar-refractivity contribution in [1.82, 2.24) is 4.57 Å². The van der Waals surface area contributed by atoms with Crippen LogP contribution in [0, 0.1) is 5.82 Å². The first kappa shape index (κ1) is 33.2. The standard InChI is InChI=1S/C39H44FNO4Si/c1-38(2,3)46(6,7)45-26-39(4,5)36-32(24-27-16-18-29(19-17-27)37(42)43)35-33(41(36)31-22-20-30(40)21-23-31)14-11-15-34(35)44-25-28-12-9-8-10-13-28/h8-23H,24-26H2,1-7H3,(H,42,43). The average Bonchev–Trinajstić information content (AvgIpc) is 3.35. The molecule has 0 aliphatic carbocycles. The molecule has 0 saturated heterocycles. The third-order valence-electron chi connectivity index (χ3n) is 9.20. The molecule has 7 heteroatoms. The SMILES string of the molecule is CC(C)(CO[Si](C)(C)C(C)(C)C)c1c(Cc2ccc(C(=O)O)cc2)c2c(OCc3ccccc3)cccc2n1-c1ccc(F)cc1. The number of aromatic nitrogens is 1. The van der Waals surface area contributed by atoms with E-state index in [0.29, 0.717) is 19.6 Å². The Balaban J connectivity index is 1.75. The molecule has 5 nitrogen and oxygen atoms in total. The molecule has 0 fully saturated rings. The summed E-state index contributed by atoms with van der Waals surface area (Å²) in [6.07, 6.45) is 0.537. The van der Waals surface area contributed by atoms with E-state index in [1.165, 1.54) is 12.1 Å². The predicted octanol–water partition coefficient (Wildman–Crippen LogP) is 9.94. The molecule has 0 saturated carbocycles. The normalized spacial score (nSPS) is 12.4. The van der Waals surface area contributed by atoms with Crippen LogP contribution in [-0.4, -0.2) is 30.6 Å². The van der Waals surface area contributed by atoms with E-state index in [4.69, 9.17) is 9.16 Å². The van der Waals surface area contributed by atoms with Crippen LogP contribution in [0.2, 0.25) is 18.1 Å². The van der Waals surface area contributed by atoms with Crippen LogP contribution in [0.4, 0.5) is 4.39 Å². The van der Waals surface area contributed by atoms with Gasteiger partial charge in [-0.2, -0.15) is 0 Å². The van der Waals surface area contributed by atoms with Crippen LogP contribution in [0.1, 0.15) is 67.4 Å². The molecule has 5 rings (SSSR count). The maximum Gasteiger partial charge on any atom is 0.335 e. The van der Waals surface area contributed by atoms with E-state index in [9.17, 15) is 14.3 Å². The third kappa shape index (κ3) is 6.96. The largest absolute Gasteiger partial charge is 0.488 e. The summed E-state index contributed by atoms with van der Waals surface area (Å²) in [6, 6.07) is 29.8. The summed E-state index contributed by atoms with van der Waals surface area (Å²) in [4.78, 5) is 11.6. The van der Waals surface area contributed by atoms with Crippen molar-refractivity contribution in [3.05, 3.63) is 131 Å². The first-order valence-electron chi connectivity index (χ1n) is 15.7. The Bertz CT molecular complexity index is 1820. The van der Waals surface area contributed by atoms with Crippen molar-refractivity contribution in [2.45, 2.75) is 71.2 Å². The Morgan fingerprint density at radius 1 is 0.826 bits per heavy atom. The van der Waals surface area contributed by atoms with E-state index in [-0.39, 0.29) is 16.4 Å². The summed E-state index contributed by atoms with van der Waals surface area (Å²) >= 11 is 0. The minimum absolute atomic E-state index is 0.0416. The molecule has 46 heavy (non-hydrogen) atoms. The molecule has 0 spiro atoms. The van der Waals surface area contributed by atoms with Crippen LogP contribution < -0.4 is 4.74 Å². The van der Waals surface area contributed by atoms with Crippen molar-refractivity contribution in [3.63, 3.8) is 0 Å². The lowest BCUT2D eigenvalue weighted by atomic mass is 9.85. The van der Waals surface area contributed by atoms with Crippen molar-refractivity contribution < 1.29 is 23.5 Å². The highest BCUT2D eigenvalue weighted by atomic mass is 28.4. The molecule has 0 amide bonds. The second-order valence-electron chi connectivity index (χ2n) is 14.2. The zero-order valence-corrected chi connectivity index (χ0v) is 28.9. The van der Waals surface area contributed by atoms with Gasteiger partial charge in [-0.05, 0) is 83.4 Å². The number of benzene rings is 4. The van der Waals surface area contributed by atoms with E-state index in [2.05, 4.69) is 58.3 Å². The first-order valence-corrected chi connectivity index (χ1v) is 18.6. The fourth-order valence-electron chi connectivity index (χ4n) is 5.60. The molecule has 4 aromatic carbocycles. The molecular formula is C39H44FNO4Si. The number of aromatic carboxylic acids is 1. The number of rotatable bonds is 11. The lowest BCUT2D eigenvalue weighted by Crippen LogP contribution is -2.44. The fraction of sp³-hybridized carbons (Fsp3) is 0.308. The molecule has 1 aromatic heterocycles. The zero-order valence-electron chi connectivity index (χ0n) is 27.9.